The zero-order chi connectivity index (χ0) is 18.4. The summed E-state index contributed by atoms with van der Waals surface area (Å²) in [6.07, 6.45) is 2.10. The van der Waals surface area contributed by atoms with Crippen molar-refractivity contribution in [1.82, 2.24) is 5.32 Å². The molecule has 1 atom stereocenters. The summed E-state index contributed by atoms with van der Waals surface area (Å²) >= 11 is 0. The zero-order valence-electron chi connectivity index (χ0n) is 13.9. The Hall–Kier alpha value is -3.40. The number of nitro groups is 1. The maximum Gasteiger partial charge on any atom is 0.270 e. The normalized spacial score (nSPS) is 12.3. The van der Waals surface area contributed by atoms with Gasteiger partial charge in [-0.1, -0.05) is 19.1 Å². The van der Waals surface area contributed by atoms with Crippen LogP contribution in [0.5, 0.6) is 0 Å². The first-order valence-corrected chi connectivity index (χ1v) is 7.72. The number of benzene rings is 1. The lowest BCUT2D eigenvalue weighted by molar-refractivity contribution is -0.384. The number of rotatable bonds is 6. The Morgan fingerprint density at radius 3 is 2.84 bits per heavy atom. The van der Waals surface area contributed by atoms with E-state index in [0.29, 0.717) is 17.1 Å². The molecule has 2 rings (SSSR count). The van der Waals surface area contributed by atoms with Crippen LogP contribution in [0.4, 0.5) is 5.69 Å². The molecule has 0 spiro atoms. The summed E-state index contributed by atoms with van der Waals surface area (Å²) in [7, 11) is 0. The first kappa shape index (κ1) is 17.9. The third kappa shape index (κ3) is 4.54. The summed E-state index contributed by atoms with van der Waals surface area (Å²) in [4.78, 5) is 22.4. The van der Waals surface area contributed by atoms with Crippen molar-refractivity contribution >= 4 is 17.7 Å². The second-order valence-corrected chi connectivity index (χ2v) is 5.46. The Morgan fingerprint density at radius 2 is 2.20 bits per heavy atom. The van der Waals surface area contributed by atoms with Gasteiger partial charge in [0, 0.05) is 29.8 Å². The molecule has 1 N–H and O–H groups in total. The molecule has 0 aliphatic rings. The lowest BCUT2D eigenvalue weighted by Crippen LogP contribution is -2.32. The van der Waals surface area contributed by atoms with Crippen molar-refractivity contribution in [2.24, 2.45) is 0 Å². The third-order valence-electron chi connectivity index (χ3n) is 3.61. The van der Waals surface area contributed by atoms with E-state index in [9.17, 15) is 14.9 Å². The highest BCUT2D eigenvalue weighted by Crippen LogP contribution is 2.26. The van der Waals surface area contributed by atoms with Crippen molar-refractivity contribution in [3.05, 3.63) is 57.8 Å². The Kier molecular flexibility index (Phi) is 5.69. The van der Waals surface area contributed by atoms with Crippen molar-refractivity contribution in [2.45, 2.75) is 26.3 Å². The van der Waals surface area contributed by atoms with Crippen molar-refractivity contribution in [3.63, 3.8) is 0 Å². The first-order chi connectivity index (χ1) is 11.9. The fourth-order valence-corrected chi connectivity index (χ4v) is 2.05. The van der Waals surface area contributed by atoms with Gasteiger partial charge in [0.1, 0.15) is 23.2 Å². The van der Waals surface area contributed by atoms with E-state index in [0.717, 1.165) is 6.42 Å². The summed E-state index contributed by atoms with van der Waals surface area (Å²) in [6, 6.07) is 11.1. The van der Waals surface area contributed by atoms with E-state index in [4.69, 9.17) is 9.68 Å². The molecule has 0 fully saturated rings. The standard InChI is InChI=1S/C18H17N3O4/c1-3-12(2)20-18(22)14(11-19)10-16-7-8-17(25-16)13-5-4-6-15(9-13)21(23)24/h4-10,12H,3H2,1-2H3,(H,20,22)/b14-10+/t12-/m0/s1. The molecule has 0 saturated carbocycles. The number of hydrogen-bond acceptors (Lipinski definition) is 5. The van der Waals surface area contributed by atoms with Gasteiger partial charge >= 0.3 is 0 Å². The molecule has 1 amide bonds. The highest BCUT2D eigenvalue weighted by atomic mass is 16.6. The molecule has 0 bridgehead atoms. The Labute approximate surface area is 144 Å². The van der Waals surface area contributed by atoms with Crippen LogP contribution in [0.25, 0.3) is 17.4 Å². The highest BCUT2D eigenvalue weighted by Gasteiger charge is 2.14. The summed E-state index contributed by atoms with van der Waals surface area (Å²) in [5.74, 6) is 0.261. The van der Waals surface area contributed by atoms with Gasteiger partial charge in [-0.05, 0) is 25.5 Å². The molecule has 0 radical (unpaired) electrons. The molecular weight excluding hydrogens is 322 g/mol. The van der Waals surface area contributed by atoms with Gasteiger partial charge in [0.15, 0.2) is 0 Å². The van der Waals surface area contributed by atoms with Gasteiger partial charge in [0.05, 0.1) is 4.92 Å². The van der Waals surface area contributed by atoms with Crippen LogP contribution in [0, 0.1) is 21.4 Å². The molecule has 25 heavy (non-hydrogen) atoms. The Morgan fingerprint density at radius 1 is 1.44 bits per heavy atom. The van der Waals surface area contributed by atoms with Crippen LogP contribution in [-0.4, -0.2) is 16.9 Å². The van der Waals surface area contributed by atoms with Crippen molar-refractivity contribution < 1.29 is 14.1 Å². The number of hydrogen-bond donors (Lipinski definition) is 1. The van der Waals surface area contributed by atoms with Gasteiger partial charge < -0.3 is 9.73 Å². The molecule has 1 aromatic heterocycles. The minimum absolute atomic E-state index is 0.0405. The predicted molar refractivity (Wildman–Crippen MR) is 92.3 cm³/mol. The zero-order valence-corrected chi connectivity index (χ0v) is 13.9. The van der Waals surface area contributed by atoms with Crippen LogP contribution in [0.3, 0.4) is 0 Å². The number of amides is 1. The number of furan rings is 1. The van der Waals surface area contributed by atoms with E-state index >= 15 is 0 Å². The molecule has 128 valence electrons. The lowest BCUT2D eigenvalue weighted by atomic mass is 10.1. The molecule has 1 heterocycles. The van der Waals surface area contributed by atoms with Gasteiger partial charge in [-0.3, -0.25) is 14.9 Å². The quantitative estimate of drug-likeness (QED) is 0.374. The van der Waals surface area contributed by atoms with Crippen molar-refractivity contribution in [1.29, 1.82) is 5.26 Å². The van der Waals surface area contributed by atoms with Gasteiger partial charge in [-0.25, -0.2) is 0 Å². The minimum Gasteiger partial charge on any atom is -0.457 e. The second kappa shape index (κ2) is 7.93. The molecule has 2 aromatic rings. The SMILES string of the molecule is CC[C@H](C)NC(=O)/C(C#N)=C/c1ccc(-c2cccc([N+](=O)[O-])c2)o1. The number of nitro benzene ring substituents is 1. The maximum atomic E-state index is 12.0. The molecule has 7 nitrogen and oxygen atoms in total. The smallest absolute Gasteiger partial charge is 0.270 e. The van der Waals surface area contributed by atoms with Gasteiger partial charge in [-0.15, -0.1) is 0 Å². The van der Waals surface area contributed by atoms with E-state index in [1.807, 2.05) is 19.9 Å². The number of nitrogens with zero attached hydrogens (tertiary/aromatic N) is 2. The van der Waals surface area contributed by atoms with Gasteiger partial charge in [-0.2, -0.15) is 5.26 Å². The minimum atomic E-state index is -0.486. The van der Waals surface area contributed by atoms with E-state index < -0.39 is 10.8 Å². The van der Waals surface area contributed by atoms with Crippen LogP contribution >= 0.6 is 0 Å². The van der Waals surface area contributed by atoms with Gasteiger partial charge in [0.2, 0.25) is 0 Å². The Balaban J connectivity index is 2.25. The van der Waals surface area contributed by atoms with E-state index in [-0.39, 0.29) is 17.3 Å². The highest BCUT2D eigenvalue weighted by molar-refractivity contribution is 6.01. The predicted octanol–water partition coefficient (Wildman–Crippen LogP) is 3.68. The molecule has 7 heteroatoms. The van der Waals surface area contributed by atoms with Crippen LogP contribution < -0.4 is 5.32 Å². The van der Waals surface area contributed by atoms with Crippen LogP contribution in [-0.2, 0) is 4.79 Å². The summed E-state index contributed by atoms with van der Waals surface area (Å²) in [6.45, 7) is 3.78. The largest absolute Gasteiger partial charge is 0.457 e. The fourth-order valence-electron chi connectivity index (χ4n) is 2.05. The molecule has 0 unspecified atom stereocenters. The third-order valence-corrected chi connectivity index (χ3v) is 3.61. The summed E-state index contributed by atoms with van der Waals surface area (Å²) in [5, 5.41) is 22.7. The van der Waals surface area contributed by atoms with Gasteiger partial charge in [0.25, 0.3) is 11.6 Å². The average molecular weight is 339 g/mol. The van der Waals surface area contributed by atoms with Crippen LogP contribution in [0.15, 0.2) is 46.4 Å². The lowest BCUT2D eigenvalue weighted by Gasteiger charge is -2.09. The number of carbonyl (C=O) groups is 1. The van der Waals surface area contributed by atoms with Crippen molar-refractivity contribution in [2.75, 3.05) is 0 Å². The monoisotopic (exact) mass is 339 g/mol. The number of carbonyl (C=O) groups excluding carboxylic acids is 1. The first-order valence-electron chi connectivity index (χ1n) is 7.72. The topological polar surface area (TPSA) is 109 Å². The fraction of sp³-hybridized carbons (Fsp3) is 0.222. The number of non-ortho nitro benzene ring substituents is 1. The summed E-state index contributed by atoms with van der Waals surface area (Å²) < 4.78 is 5.59. The second-order valence-electron chi connectivity index (χ2n) is 5.46. The van der Waals surface area contributed by atoms with E-state index in [2.05, 4.69) is 5.32 Å². The molecule has 0 saturated heterocycles. The molecule has 1 aromatic carbocycles. The van der Waals surface area contributed by atoms with Crippen LogP contribution in [0.2, 0.25) is 0 Å². The van der Waals surface area contributed by atoms with E-state index in [1.165, 1.54) is 18.2 Å². The average Bonchev–Trinajstić information content (AvgIpc) is 3.08. The number of nitriles is 1. The maximum absolute atomic E-state index is 12.0. The Bertz CT molecular complexity index is 861. The molecular formula is C18H17N3O4. The van der Waals surface area contributed by atoms with Crippen LogP contribution in [0.1, 0.15) is 26.0 Å². The molecule has 0 aliphatic carbocycles. The summed E-state index contributed by atoms with van der Waals surface area (Å²) in [5.41, 5.74) is 0.424. The molecule has 0 aliphatic heterocycles. The number of nitrogens with one attached hydrogen (secondary N) is 1. The van der Waals surface area contributed by atoms with E-state index in [1.54, 1.807) is 24.3 Å². The van der Waals surface area contributed by atoms with Crippen molar-refractivity contribution in [3.8, 4) is 17.4 Å².